The van der Waals surface area contributed by atoms with Gasteiger partial charge in [0.05, 0.1) is 11.9 Å². The van der Waals surface area contributed by atoms with E-state index in [1.54, 1.807) is 24.3 Å². The summed E-state index contributed by atoms with van der Waals surface area (Å²) < 4.78 is 32.8. The molecule has 0 aliphatic carbocycles. The standard InChI is InChI=1S/C26H29N3O4S/c1-5-25(33-20-14-12-19(13-15-20)28(3)34(4,31)32)26(30)27-18-11-16-24-22(17-18)21-9-7-8-10-23(21)29(24)6-2/h7-17,25H,5-6H2,1-4H3,(H,27,30)/t25-/m0/s1. The number of hydrogen-bond acceptors (Lipinski definition) is 4. The first-order valence-corrected chi connectivity index (χ1v) is 13.1. The number of aromatic nitrogens is 1. The van der Waals surface area contributed by atoms with Gasteiger partial charge in [-0.1, -0.05) is 25.1 Å². The number of nitrogens with zero attached hydrogens (tertiary/aromatic N) is 2. The second kappa shape index (κ2) is 9.38. The Hall–Kier alpha value is -3.52. The number of carbonyl (C=O) groups is 1. The van der Waals surface area contributed by atoms with Gasteiger partial charge in [-0.25, -0.2) is 8.42 Å². The third kappa shape index (κ3) is 4.59. The van der Waals surface area contributed by atoms with Gasteiger partial charge in [-0.15, -0.1) is 0 Å². The fourth-order valence-electron chi connectivity index (χ4n) is 4.11. The molecule has 4 rings (SSSR count). The maximum Gasteiger partial charge on any atom is 0.265 e. The molecule has 0 spiro atoms. The van der Waals surface area contributed by atoms with Gasteiger partial charge in [0.25, 0.3) is 5.91 Å². The zero-order valence-corrected chi connectivity index (χ0v) is 20.6. The Labute approximate surface area is 200 Å². The minimum absolute atomic E-state index is 0.238. The van der Waals surface area contributed by atoms with Crippen molar-refractivity contribution in [2.24, 2.45) is 0 Å². The van der Waals surface area contributed by atoms with Crippen LogP contribution in [0, 0.1) is 0 Å². The van der Waals surface area contributed by atoms with Crippen LogP contribution >= 0.6 is 0 Å². The van der Waals surface area contributed by atoms with Crippen molar-refractivity contribution in [2.75, 3.05) is 22.9 Å². The molecule has 1 heterocycles. The minimum Gasteiger partial charge on any atom is -0.481 e. The van der Waals surface area contributed by atoms with Gasteiger partial charge in [0.15, 0.2) is 6.10 Å². The quantitative estimate of drug-likeness (QED) is 0.385. The number of carbonyl (C=O) groups excluding carboxylic acids is 1. The summed E-state index contributed by atoms with van der Waals surface area (Å²) in [6.07, 6.45) is 0.937. The van der Waals surface area contributed by atoms with Crippen LogP contribution in [0.1, 0.15) is 20.3 Å². The maximum atomic E-state index is 13.0. The number of nitrogens with one attached hydrogen (secondary N) is 1. The van der Waals surface area contributed by atoms with Gasteiger partial charge in [-0.05, 0) is 61.9 Å². The number of aryl methyl sites for hydroxylation is 1. The summed E-state index contributed by atoms with van der Waals surface area (Å²) in [6.45, 7) is 4.87. The molecule has 0 fully saturated rings. The first-order chi connectivity index (χ1) is 16.2. The van der Waals surface area contributed by atoms with Crippen molar-refractivity contribution in [3.63, 3.8) is 0 Å². The van der Waals surface area contributed by atoms with E-state index in [4.69, 9.17) is 4.74 Å². The first kappa shape index (κ1) is 23.6. The highest BCUT2D eigenvalue weighted by atomic mass is 32.2. The molecule has 1 N–H and O–H groups in total. The van der Waals surface area contributed by atoms with Crippen LogP contribution in [0.2, 0.25) is 0 Å². The highest BCUT2D eigenvalue weighted by Crippen LogP contribution is 2.31. The number of fused-ring (bicyclic) bond motifs is 3. The third-order valence-electron chi connectivity index (χ3n) is 6.00. The van der Waals surface area contributed by atoms with Crippen LogP contribution < -0.4 is 14.4 Å². The summed E-state index contributed by atoms with van der Waals surface area (Å²) >= 11 is 0. The summed E-state index contributed by atoms with van der Waals surface area (Å²) in [6, 6.07) is 20.8. The van der Waals surface area contributed by atoms with Crippen LogP contribution in [0.15, 0.2) is 66.7 Å². The van der Waals surface area contributed by atoms with Crippen molar-refractivity contribution in [1.29, 1.82) is 0 Å². The van der Waals surface area contributed by atoms with Crippen LogP contribution in [0.25, 0.3) is 21.8 Å². The van der Waals surface area contributed by atoms with E-state index in [-0.39, 0.29) is 5.91 Å². The second-order valence-electron chi connectivity index (χ2n) is 8.22. The molecule has 0 aliphatic heterocycles. The Kier molecular flexibility index (Phi) is 6.52. The van der Waals surface area contributed by atoms with E-state index in [1.807, 2.05) is 37.3 Å². The predicted octanol–water partition coefficient (Wildman–Crippen LogP) is 5.01. The van der Waals surface area contributed by atoms with Gasteiger partial charge in [-0.2, -0.15) is 0 Å². The molecule has 0 saturated heterocycles. The number of anilines is 2. The van der Waals surface area contributed by atoms with Crippen LogP contribution in [0.4, 0.5) is 11.4 Å². The smallest absolute Gasteiger partial charge is 0.265 e. The molecule has 178 valence electrons. The average Bonchev–Trinajstić information content (AvgIpc) is 3.14. The van der Waals surface area contributed by atoms with Crippen LogP contribution in [-0.4, -0.2) is 38.3 Å². The van der Waals surface area contributed by atoms with E-state index < -0.39 is 16.1 Å². The Morgan fingerprint density at radius 2 is 1.68 bits per heavy atom. The number of rotatable bonds is 8. The molecule has 0 saturated carbocycles. The number of amides is 1. The molecule has 0 aliphatic rings. The molecule has 4 aromatic rings. The maximum absolute atomic E-state index is 13.0. The van der Waals surface area contributed by atoms with Gasteiger partial charge >= 0.3 is 0 Å². The summed E-state index contributed by atoms with van der Waals surface area (Å²) in [4.78, 5) is 13.0. The molecule has 0 unspecified atom stereocenters. The highest BCUT2D eigenvalue weighted by molar-refractivity contribution is 7.92. The largest absolute Gasteiger partial charge is 0.481 e. The molecular weight excluding hydrogens is 450 g/mol. The van der Waals surface area contributed by atoms with Crippen molar-refractivity contribution in [2.45, 2.75) is 32.9 Å². The average molecular weight is 480 g/mol. The molecule has 1 aromatic heterocycles. The van der Waals surface area contributed by atoms with Gasteiger partial charge in [-0.3, -0.25) is 9.10 Å². The Balaban J connectivity index is 1.52. The molecule has 1 amide bonds. The third-order valence-corrected chi connectivity index (χ3v) is 7.20. The van der Waals surface area contributed by atoms with Crippen molar-refractivity contribution < 1.29 is 17.9 Å². The van der Waals surface area contributed by atoms with Gasteiger partial charge in [0.2, 0.25) is 10.0 Å². The van der Waals surface area contributed by atoms with Crippen molar-refractivity contribution in [3.8, 4) is 5.75 Å². The molecule has 3 aromatic carbocycles. The Bertz CT molecular complexity index is 1440. The molecule has 1 atom stereocenters. The molecule has 7 nitrogen and oxygen atoms in total. The van der Waals surface area contributed by atoms with Crippen LogP contribution in [-0.2, 0) is 21.4 Å². The predicted molar refractivity (Wildman–Crippen MR) is 138 cm³/mol. The SMILES string of the molecule is CC[C@H](Oc1ccc(N(C)S(C)(=O)=O)cc1)C(=O)Nc1ccc2c(c1)c1ccccc1n2CC. The molecular formula is C26H29N3O4S. The monoisotopic (exact) mass is 479 g/mol. The number of benzene rings is 3. The first-order valence-electron chi connectivity index (χ1n) is 11.3. The summed E-state index contributed by atoms with van der Waals surface area (Å²) in [5.41, 5.74) is 3.53. The van der Waals surface area contributed by atoms with E-state index in [0.717, 1.165) is 29.1 Å². The summed E-state index contributed by atoms with van der Waals surface area (Å²) in [5.74, 6) is 0.257. The Morgan fingerprint density at radius 3 is 2.32 bits per heavy atom. The van der Waals surface area contributed by atoms with E-state index in [0.29, 0.717) is 23.5 Å². The lowest BCUT2D eigenvalue weighted by Gasteiger charge is -2.19. The molecule has 34 heavy (non-hydrogen) atoms. The summed E-state index contributed by atoms with van der Waals surface area (Å²) in [7, 11) is -1.86. The van der Waals surface area contributed by atoms with Gasteiger partial charge < -0.3 is 14.6 Å². The lowest BCUT2D eigenvalue weighted by molar-refractivity contribution is -0.122. The normalized spacial score (nSPS) is 12.6. The zero-order chi connectivity index (χ0) is 24.5. The van der Waals surface area contributed by atoms with Crippen molar-refractivity contribution >= 4 is 49.1 Å². The molecule has 8 heteroatoms. The van der Waals surface area contributed by atoms with E-state index in [2.05, 4.69) is 28.9 Å². The Morgan fingerprint density at radius 1 is 1.00 bits per heavy atom. The fraction of sp³-hybridized carbons (Fsp3) is 0.269. The highest BCUT2D eigenvalue weighted by Gasteiger charge is 2.20. The van der Waals surface area contributed by atoms with E-state index in [9.17, 15) is 13.2 Å². The lowest BCUT2D eigenvalue weighted by Crippen LogP contribution is -2.32. The summed E-state index contributed by atoms with van der Waals surface area (Å²) in [5, 5.41) is 5.23. The van der Waals surface area contributed by atoms with Crippen molar-refractivity contribution in [3.05, 3.63) is 66.7 Å². The number of hydrogen-bond donors (Lipinski definition) is 1. The molecule has 0 bridgehead atoms. The van der Waals surface area contributed by atoms with Gasteiger partial charge in [0.1, 0.15) is 5.75 Å². The van der Waals surface area contributed by atoms with Crippen LogP contribution in [0.5, 0.6) is 5.75 Å². The van der Waals surface area contributed by atoms with E-state index >= 15 is 0 Å². The fourth-order valence-corrected chi connectivity index (χ4v) is 4.61. The van der Waals surface area contributed by atoms with Crippen molar-refractivity contribution in [1.82, 2.24) is 4.57 Å². The second-order valence-corrected chi connectivity index (χ2v) is 10.2. The van der Waals surface area contributed by atoms with Crippen LogP contribution in [0.3, 0.4) is 0 Å². The van der Waals surface area contributed by atoms with E-state index in [1.165, 1.54) is 16.9 Å². The number of sulfonamides is 1. The molecule has 0 radical (unpaired) electrons. The topological polar surface area (TPSA) is 80.6 Å². The minimum atomic E-state index is -3.35. The number of ether oxygens (including phenoxy) is 1. The van der Waals surface area contributed by atoms with Gasteiger partial charge in [0, 0.05) is 41.1 Å². The zero-order valence-electron chi connectivity index (χ0n) is 19.8. The lowest BCUT2D eigenvalue weighted by atomic mass is 10.1. The number of para-hydroxylation sites is 1.